The van der Waals surface area contributed by atoms with Gasteiger partial charge in [-0.1, -0.05) is 17.2 Å². The van der Waals surface area contributed by atoms with Crippen molar-refractivity contribution >= 4 is 11.4 Å². The van der Waals surface area contributed by atoms with Crippen molar-refractivity contribution < 1.29 is 5.11 Å². The van der Waals surface area contributed by atoms with Crippen LogP contribution in [0.4, 0.5) is 11.4 Å². The number of nitrogens with zero attached hydrogens (tertiary/aromatic N) is 3. The number of aliphatic hydroxyl groups excluding tert-OH is 1. The normalized spacial score (nSPS) is 9.08. The molecule has 0 saturated heterocycles. The van der Waals surface area contributed by atoms with E-state index in [0.717, 1.165) is 0 Å². The zero-order chi connectivity index (χ0) is 8.97. The zero-order valence-electron chi connectivity index (χ0n) is 6.31. The topological polar surface area (TPSA) is 95.0 Å². The maximum absolute atomic E-state index is 8.72. The van der Waals surface area contributed by atoms with E-state index in [1.165, 1.54) is 0 Å². The van der Waals surface area contributed by atoms with Crippen LogP contribution in [0.15, 0.2) is 23.3 Å². The summed E-state index contributed by atoms with van der Waals surface area (Å²) in [5.41, 5.74) is 15.1. The summed E-state index contributed by atoms with van der Waals surface area (Å²) in [5, 5.41) is 12.1. The fraction of sp³-hybridized carbons (Fsp3) is 0.143. The van der Waals surface area contributed by atoms with Crippen LogP contribution >= 0.6 is 0 Å². The first-order valence-corrected chi connectivity index (χ1v) is 3.32. The van der Waals surface area contributed by atoms with E-state index in [2.05, 4.69) is 10.0 Å². The van der Waals surface area contributed by atoms with Gasteiger partial charge in [0.2, 0.25) is 0 Å². The summed E-state index contributed by atoms with van der Waals surface area (Å²) >= 11 is 0. The number of rotatable bonds is 2. The van der Waals surface area contributed by atoms with Crippen molar-refractivity contribution in [2.45, 2.75) is 6.61 Å². The zero-order valence-corrected chi connectivity index (χ0v) is 6.31. The van der Waals surface area contributed by atoms with Crippen LogP contribution in [0.25, 0.3) is 10.4 Å². The highest BCUT2D eigenvalue weighted by molar-refractivity contribution is 5.63. The summed E-state index contributed by atoms with van der Waals surface area (Å²) < 4.78 is 0. The second kappa shape index (κ2) is 3.61. The van der Waals surface area contributed by atoms with Gasteiger partial charge in [-0.2, -0.15) is 0 Å². The van der Waals surface area contributed by atoms with E-state index < -0.39 is 0 Å². The van der Waals surface area contributed by atoms with Crippen LogP contribution in [0.5, 0.6) is 0 Å². The maximum atomic E-state index is 8.72. The first-order chi connectivity index (χ1) is 5.77. The molecule has 0 atom stereocenters. The van der Waals surface area contributed by atoms with Gasteiger partial charge in [-0.25, -0.2) is 0 Å². The molecular formula is C7H8N4O. The minimum Gasteiger partial charge on any atom is -0.398 e. The van der Waals surface area contributed by atoms with E-state index >= 15 is 0 Å². The molecule has 0 unspecified atom stereocenters. The van der Waals surface area contributed by atoms with Crippen molar-refractivity contribution in [1.82, 2.24) is 0 Å². The summed E-state index contributed by atoms with van der Waals surface area (Å²) in [6.07, 6.45) is 0. The van der Waals surface area contributed by atoms with Crippen LogP contribution in [0.3, 0.4) is 0 Å². The molecule has 0 aliphatic rings. The van der Waals surface area contributed by atoms with Crippen molar-refractivity contribution in [2.24, 2.45) is 5.11 Å². The van der Waals surface area contributed by atoms with Crippen molar-refractivity contribution in [1.29, 1.82) is 0 Å². The summed E-state index contributed by atoms with van der Waals surface area (Å²) in [5.74, 6) is 0. The molecule has 0 aliphatic carbocycles. The molecular weight excluding hydrogens is 156 g/mol. The first kappa shape index (κ1) is 8.39. The fourth-order valence-corrected chi connectivity index (χ4v) is 0.842. The van der Waals surface area contributed by atoms with Crippen LogP contribution in [0, 0.1) is 0 Å². The number of nitrogen functional groups attached to an aromatic ring is 1. The van der Waals surface area contributed by atoms with Gasteiger partial charge in [0.25, 0.3) is 0 Å². The van der Waals surface area contributed by atoms with Crippen LogP contribution in [-0.4, -0.2) is 5.11 Å². The van der Waals surface area contributed by atoms with E-state index in [-0.39, 0.29) is 6.61 Å². The molecule has 0 spiro atoms. The Hall–Kier alpha value is -1.71. The molecule has 0 amide bonds. The van der Waals surface area contributed by atoms with Gasteiger partial charge in [-0.05, 0) is 17.2 Å². The fourth-order valence-electron chi connectivity index (χ4n) is 0.842. The number of nitrogens with two attached hydrogens (primary N) is 1. The van der Waals surface area contributed by atoms with Gasteiger partial charge >= 0.3 is 0 Å². The summed E-state index contributed by atoms with van der Waals surface area (Å²) in [6, 6.07) is 4.80. The van der Waals surface area contributed by atoms with Crippen LogP contribution in [0.2, 0.25) is 0 Å². The lowest BCUT2D eigenvalue weighted by molar-refractivity contribution is 0.282. The van der Waals surface area contributed by atoms with Gasteiger partial charge in [0, 0.05) is 10.6 Å². The largest absolute Gasteiger partial charge is 0.398 e. The predicted molar refractivity (Wildman–Crippen MR) is 45.6 cm³/mol. The van der Waals surface area contributed by atoms with Crippen LogP contribution in [0.1, 0.15) is 5.56 Å². The smallest absolute Gasteiger partial charge is 0.0682 e. The van der Waals surface area contributed by atoms with E-state index in [0.29, 0.717) is 16.9 Å². The molecule has 0 aliphatic heterocycles. The molecule has 3 N–H and O–H groups in total. The quantitative estimate of drug-likeness (QED) is 0.301. The lowest BCUT2D eigenvalue weighted by Gasteiger charge is -2.00. The molecule has 0 heterocycles. The van der Waals surface area contributed by atoms with Crippen LogP contribution in [-0.2, 0) is 6.61 Å². The molecule has 0 fully saturated rings. The van der Waals surface area contributed by atoms with Gasteiger partial charge in [-0.3, -0.25) is 0 Å². The Morgan fingerprint density at radius 1 is 1.58 bits per heavy atom. The molecule has 5 heteroatoms. The number of aliphatic hydroxyl groups is 1. The minimum absolute atomic E-state index is 0.0687. The average molecular weight is 164 g/mol. The maximum Gasteiger partial charge on any atom is 0.0682 e. The summed E-state index contributed by atoms with van der Waals surface area (Å²) in [6.45, 7) is -0.0687. The molecule has 0 radical (unpaired) electrons. The van der Waals surface area contributed by atoms with Crippen molar-refractivity contribution in [2.75, 3.05) is 5.73 Å². The third kappa shape index (κ3) is 1.66. The van der Waals surface area contributed by atoms with Crippen molar-refractivity contribution in [3.63, 3.8) is 0 Å². The Morgan fingerprint density at radius 3 is 2.83 bits per heavy atom. The van der Waals surface area contributed by atoms with Gasteiger partial charge in [0.1, 0.15) is 0 Å². The lowest BCUT2D eigenvalue weighted by atomic mass is 10.2. The third-order valence-corrected chi connectivity index (χ3v) is 1.43. The Morgan fingerprint density at radius 2 is 2.33 bits per heavy atom. The highest BCUT2D eigenvalue weighted by Crippen LogP contribution is 2.22. The number of anilines is 1. The molecule has 1 rings (SSSR count). The van der Waals surface area contributed by atoms with Crippen molar-refractivity contribution in [3.8, 4) is 0 Å². The van der Waals surface area contributed by atoms with Gasteiger partial charge < -0.3 is 10.8 Å². The van der Waals surface area contributed by atoms with E-state index in [4.69, 9.17) is 16.4 Å². The van der Waals surface area contributed by atoms with Crippen LogP contribution < -0.4 is 5.73 Å². The standard InChI is InChI=1S/C7H8N4O/c8-6-3-5(4-12)1-2-7(6)10-11-9/h1-3,12H,4,8H2. The van der Waals surface area contributed by atoms with Gasteiger partial charge in [-0.15, -0.1) is 0 Å². The summed E-state index contributed by atoms with van der Waals surface area (Å²) in [4.78, 5) is 2.60. The molecule has 1 aromatic rings. The Bertz CT molecular complexity index is 330. The molecule has 5 nitrogen and oxygen atoms in total. The second-order valence-electron chi connectivity index (χ2n) is 2.24. The summed E-state index contributed by atoms with van der Waals surface area (Å²) in [7, 11) is 0. The molecule has 0 bridgehead atoms. The number of azide groups is 1. The second-order valence-corrected chi connectivity index (χ2v) is 2.24. The minimum atomic E-state index is -0.0687. The molecule has 62 valence electrons. The van der Waals surface area contributed by atoms with Gasteiger partial charge in [0.15, 0.2) is 0 Å². The number of hydrogen-bond donors (Lipinski definition) is 2. The number of hydrogen-bond acceptors (Lipinski definition) is 3. The molecule has 0 saturated carbocycles. The highest BCUT2D eigenvalue weighted by Gasteiger charge is 1.96. The first-order valence-electron chi connectivity index (χ1n) is 3.32. The Kier molecular flexibility index (Phi) is 2.53. The monoisotopic (exact) mass is 164 g/mol. The lowest BCUT2D eigenvalue weighted by Crippen LogP contribution is -1.88. The molecule has 1 aromatic carbocycles. The predicted octanol–water partition coefficient (Wildman–Crippen LogP) is 1.70. The Balaban J connectivity index is 3.11. The van der Waals surface area contributed by atoms with E-state index in [1.54, 1.807) is 18.2 Å². The van der Waals surface area contributed by atoms with Crippen molar-refractivity contribution in [3.05, 3.63) is 34.2 Å². The SMILES string of the molecule is [N-]=[N+]=Nc1ccc(CO)cc1N. The molecule has 12 heavy (non-hydrogen) atoms. The average Bonchev–Trinajstić information content (AvgIpc) is 2.09. The van der Waals surface area contributed by atoms with Gasteiger partial charge in [0.05, 0.1) is 12.3 Å². The third-order valence-electron chi connectivity index (χ3n) is 1.43. The Labute approximate surface area is 69.1 Å². The molecule has 0 aromatic heterocycles. The van der Waals surface area contributed by atoms with E-state index in [9.17, 15) is 0 Å². The number of benzene rings is 1. The van der Waals surface area contributed by atoms with E-state index in [1.807, 2.05) is 0 Å². The highest BCUT2D eigenvalue weighted by atomic mass is 16.3.